The predicted molar refractivity (Wildman–Crippen MR) is 82.4 cm³/mol. The molecule has 4 nitrogen and oxygen atoms in total. The van der Waals surface area contributed by atoms with Crippen molar-refractivity contribution in [1.29, 1.82) is 0 Å². The van der Waals surface area contributed by atoms with E-state index in [2.05, 4.69) is 10.2 Å². The largest absolute Gasteiger partial charge is 0.438 e. The van der Waals surface area contributed by atoms with E-state index in [1.807, 2.05) is 7.05 Å². The van der Waals surface area contributed by atoms with Crippen LogP contribution in [0, 0.1) is 5.82 Å². The van der Waals surface area contributed by atoms with Gasteiger partial charge in [-0.3, -0.25) is 0 Å². The molecule has 1 atom stereocenters. The van der Waals surface area contributed by atoms with Crippen LogP contribution >= 0.6 is 0 Å². The number of alkyl carbamates (subject to hydrolysis) is 1. The Morgan fingerprint density at radius 3 is 2.68 bits per heavy atom. The Labute approximate surface area is 143 Å². The van der Waals surface area contributed by atoms with Crippen LogP contribution in [-0.2, 0) is 16.5 Å². The number of carbonyl (C=O) groups excluding carboxylic acids is 1. The lowest BCUT2D eigenvalue weighted by molar-refractivity contribution is -0.140. The lowest BCUT2D eigenvalue weighted by Gasteiger charge is -2.22. The number of hydrogen-bond acceptors (Lipinski definition) is 3. The van der Waals surface area contributed by atoms with Crippen LogP contribution in [0.15, 0.2) is 18.2 Å². The van der Waals surface area contributed by atoms with Crippen LogP contribution < -0.4 is 5.32 Å². The Bertz CT molecular complexity index is 659. The Morgan fingerprint density at radius 1 is 1.40 bits per heavy atom. The van der Waals surface area contributed by atoms with Crippen LogP contribution in [0.25, 0.3) is 0 Å². The highest BCUT2D eigenvalue weighted by Gasteiger charge is 2.50. The molecule has 138 valence electrons. The normalized spacial score (nSPS) is 22.7. The standard InChI is InChI=1S/C17H20F4N2O2/c1-23-8-2-3-12(23)10-22-15(24)25-16(6-7-16)11-4-5-14(18)13(9-11)17(19,20)21/h4-5,9,12H,2-3,6-8,10H2,1H3,(H,22,24)/t12-/m1/s1. The molecule has 0 aromatic heterocycles. The number of amides is 1. The number of benzene rings is 1. The number of likely N-dealkylation sites (tertiary alicyclic amines) is 1. The summed E-state index contributed by atoms with van der Waals surface area (Å²) in [5.41, 5.74) is -2.25. The van der Waals surface area contributed by atoms with E-state index in [4.69, 9.17) is 4.74 Å². The van der Waals surface area contributed by atoms with E-state index < -0.39 is 29.3 Å². The maximum absolute atomic E-state index is 13.4. The van der Waals surface area contributed by atoms with Gasteiger partial charge in [0.2, 0.25) is 0 Å². The number of nitrogens with one attached hydrogen (secondary N) is 1. The Morgan fingerprint density at radius 2 is 2.12 bits per heavy atom. The summed E-state index contributed by atoms with van der Waals surface area (Å²) in [6.45, 7) is 1.41. The summed E-state index contributed by atoms with van der Waals surface area (Å²) in [6, 6.07) is 2.99. The van der Waals surface area contributed by atoms with E-state index in [-0.39, 0.29) is 11.6 Å². The second-order valence-electron chi connectivity index (χ2n) is 6.73. The molecule has 1 saturated heterocycles. The molecule has 0 unspecified atom stereocenters. The number of likely N-dealkylation sites (N-methyl/N-ethyl adjacent to an activating group) is 1. The lowest BCUT2D eigenvalue weighted by atomic mass is 10.0. The van der Waals surface area contributed by atoms with Gasteiger partial charge >= 0.3 is 12.3 Å². The first-order chi connectivity index (χ1) is 11.7. The molecular weight excluding hydrogens is 340 g/mol. The monoisotopic (exact) mass is 360 g/mol. The smallest absolute Gasteiger partial charge is 0.419 e. The molecule has 1 heterocycles. The average Bonchev–Trinajstić information content (AvgIpc) is 3.18. The molecule has 0 radical (unpaired) electrons. The van der Waals surface area contributed by atoms with Gasteiger partial charge in [0.1, 0.15) is 11.4 Å². The zero-order valence-corrected chi connectivity index (χ0v) is 13.8. The minimum atomic E-state index is -4.79. The van der Waals surface area contributed by atoms with Crippen molar-refractivity contribution in [3.63, 3.8) is 0 Å². The first-order valence-corrected chi connectivity index (χ1v) is 8.26. The molecule has 1 saturated carbocycles. The number of rotatable bonds is 4. The van der Waals surface area contributed by atoms with E-state index in [1.165, 1.54) is 6.07 Å². The molecule has 1 aliphatic heterocycles. The SMILES string of the molecule is CN1CCC[C@@H]1CNC(=O)OC1(c2ccc(F)c(C(F)(F)F)c2)CC1. The molecule has 0 bridgehead atoms. The highest BCUT2D eigenvalue weighted by molar-refractivity contribution is 5.68. The van der Waals surface area contributed by atoms with Gasteiger partial charge in [-0.2, -0.15) is 13.2 Å². The lowest BCUT2D eigenvalue weighted by Crippen LogP contribution is -2.39. The minimum absolute atomic E-state index is 0.175. The van der Waals surface area contributed by atoms with Gasteiger partial charge < -0.3 is 15.0 Å². The van der Waals surface area contributed by atoms with Gasteiger partial charge in [0, 0.05) is 12.6 Å². The maximum atomic E-state index is 13.4. The fourth-order valence-corrected chi connectivity index (χ4v) is 3.24. The first kappa shape index (κ1) is 18.0. The molecule has 1 amide bonds. The summed E-state index contributed by atoms with van der Waals surface area (Å²) in [7, 11) is 1.98. The molecule has 3 rings (SSSR count). The molecule has 2 aliphatic rings. The highest BCUT2D eigenvalue weighted by Crippen LogP contribution is 2.50. The fourth-order valence-electron chi connectivity index (χ4n) is 3.24. The molecule has 25 heavy (non-hydrogen) atoms. The number of ether oxygens (including phenoxy) is 1. The number of carbonyl (C=O) groups is 1. The van der Waals surface area contributed by atoms with E-state index >= 15 is 0 Å². The molecule has 1 aromatic carbocycles. The quantitative estimate of drug-likeness (QED) is 0.834. The van der Waals surface area contributed by atoms with E-state index in [9.17, 15) is 22.4 Å². The van der Waals surface area contributed by atoms with Gasteiger partial charge in [0.15, 0.2) is 0 Å². The second kappa shape index (κ2) is 6.48. The van der Waals surface area contributed by atoms with Crippen LogP contribution in [0.1, 0.15) is 36.8 Å². The van der Waals surface area contributed by atoms with Gasteiger partial charge in [-0.05, 0) is 57.0 Å². The maximum Gasteiger partial charge on any atom is 0.419 e. The van der Waals surface area contributed by atoms with E-state index in [0.29, 0.717) is 19.4 Å². The van der Waals surface area contributed by atoms with Gasteiger partial charge in [-0.15, -0.1) is 0 Å². The third kappa shape index (κ3) is 3.89. The summed E-state index contributed by atoms with van der Waals surface area (Å²) < 4.78 is 57.4. The topological polar surface area (TPSA) is 41.6 Å². The van der Waals surface area contributed by atoms with Crippen LogP contribution in [0.5, 0.6) is 0 Å². The molecule has 1 aromatic rings. The van der Waals surface area contributed by atoms with Crippen LogP contribution in [-0.4, -0.2) is 37.2 Å². The molecule has 1 N–H and O–H groups in total. The van der Waals surface area contributed by atoms with Crippen molar-refractivity contribution in [2.24, 2.45) is 0 Å². The first-order valence-electron chi connectivity index (χ1n) is 8.26. The minimum Gasteiger partial charge on any atom is -0.438 e. The fraction of sp³-hybridized carbons (Fsp3) is 0.588. The van der Waals surface area contributed by atoms with Crippen molar-refractivity contribution in [2.75, 3.05) is 20.1 Å². The average molecular weight is 360 g/mol. The second-order valence-corrected chi connectivity index (χ2v) is 6.73. The third-order valence-electron chi connectivity index (χ3n) is 4.94. The highest BCUT2D eigenvalue weighted by atomic mass is 19.4. The summed E-state index contributed by atoms with van der Waals surface area (Å²) >= 11 is 0. The molecule has 1 aliphatic carbocycles. The van der Waals surface area contributed by atoms with Crippen molar-refractivity contribution in [2.45, 2.75) is 43.5 Å². The molecule has 2 fully saturated rings. The summed E-state index contributed by atoms with van der Waals surface area (Å²) in [6.07, 6.45) is -2.55. The van der Waals surface area contributed by atoms with Gasteiger partial charge in [0.05, 0.1) is 5.56 Å². The Kier molecular flexibility index (Phi) is 4.66. The van der Waals surface area contributed by atoms with E-state index in [0.717, 1.165) is 31.5 Å². The molecule has 0 spiro atoms. The number of halogens is 4. The number of hydrogen-bond donors (Lipinski definition) is 1. The van der Waals surface area contributed by atoms with Gasteiger partial charge in [0.25, 0.3) is 0 Å². The Hall–Kier alpha value is -1.83. The summed E-state index contributed by atoms with van der Waals surface area (Å²) in [4.78, 5) is 14.2. The Balaban J connectivity index is 1.65. The van der Waals surface area contributed by atoms with Crippen molar-refractivity contribution in [1.82, 2.24) is 10.2 Å². The van der Waals surface area contributed by atoms with Crippen molar-refractivity contribution in [3.8, 4) is 0 Å². The van der Waals surface area contributed by atoms with Crippen LogP contribution in [0.3, 0.4) is 0 Å². The zero-order chi connectivity index (χ0) is 18.2. The summed E-state index contributed by atoms with van der Waals surface area (Å²) in [5.74, 6) is -1.33. The molecular formula is C17H20F4N2O2. The number of alkyl halides is 3. The van der Waals surface area contributed by atoms with Crippen molar-refractivity contribution in [3.05, 3.63) is 35.1 Å². The van der Waals surface area contributed by atoms with Crippen LogP contribution in [0.4, 0.5) is 22.4 Å². The van der Waals surface area contributed by atoms with Crippen molar-refractivity contribution >= 4 is 6.09 Å². The van der Waals surface area contributed by atoms with E-state index in [1.54, 1.807) is 0 Å². The third-order valence-corrected chi connectivity index (χ3v) is 4.94. The summed E-state index contributed by atoms with van der Waals surface area (Å²) in [5, 5.41) is 2.68. The predicted octanol–water partition coefficient (Wildman–Crippen LogP) is 3.65. The van der Waals surface area contributed by atoms with Gasteiger partial charge in [-0.1, -0.05) is 6.07 Å². The van der Waals surface area contributed by atoms with Crippen LogP contribution in [0.2, 0.25) is 0 Å². The van der Waals surface area contributed by atoms with Gasteiger partial charge in [-0.25, -0.2) is 9.18 Å². The van der Waals surface area contributed by atoms with Crippen molar-refractivity contribution < 1.29 is 27.1 Å². The zero-order valence-electron chi connectivity index (χ0n) is 13.8. The molecule has 8 heteroatoms. The number of nitrogens with zero attached hydrogens (tertiary/aromatic N) is 1.